The Bertz CT molecular complexity index is 436. The van der Waals surface area contributed by atoms with E-state index in [1.165, 1.54) is 13.8 Å². The monoisotopic (exact) mass is 328 g/mol. The molecule has 0 amide bonds. The van der Waals surface area contributed by atoms with Gasteiger partial charge in [-0.25, -0.2) is 9.59 Å². The van der Waals surface area contributed by atoms with E-state index in [2.05, 4.69) is 13.2 Å². The zero-order chi connectivity index (χ0) is 17.9. The van der Waals surface area contributed by atoms with Crippen molar-refractivity contribution in [2.75, 3.05) is 26.4 Å². The van der Waals surface area contributed by atoms with Gasteiger partial charge in [0.05, 0.1) is 0 Å². The molecule has 0 saturated carbocycles. The lowest BCUT2D eigenvalue weighted by Crippen LogP contribution is -2.43. The van der Waals surface area contributed by atoms with Crippen molar-refractivity contribution in [1.29, 1.82) is 0 Å². The van der Waals surface area contributed by atoms with Crippen LogP contribution in [0, 0.1) is 5.41 Å². The van der Waals surface area contributed by atoms with Gasteiger partial charge in [0.2, 0.25) is 0 Å². The topological polar surface area (TPSA) is 105 Å². The summed E-state index contributed by atoms with van der Waals surface area (Å²) in [6, 6.07) is 0. The van der Waals surface area contributed by atoms with E-state index in [0.29, 0.717) is 0 Å². The van der Waals surface area contributed by atoms with Gasteiger partial charge in [-0.05, 0) is 0 Å². The summed E-state index contributed by atoms with van der Waals surface area (Å²) in [6.45, 7) is 7.66. The molecule has 23 heavy (non-hydrogen) atoms. The third kappa shape index (κ3) is 9.07. The van der Waals surface area contributed by atoms with E-state index in [1.54, 1.807) is 0 Å². The van der Waals surface area contributed by atoms with Crippen molar-refractivity contribution in [2.45, 2.75) is 13.8 Å². The van der Waals surface area contributed by atoms with E-state index >= 15 is 0 Å². The molecular formula is C15H20O8. The van der Waals surface area contributed by atoms with E-state index in [4.69, 9.17) is 18.9 Å². The van der Waals surface area contributed by atoms with Crippen molar-refractivity contribution >= 4 is 23.9 Å². The smallest absolute Gasteiger partial charge is 0.330 e. The van der Waals surface area contributed by atoms with Crippen molar-refractivity contribution in [1.82, 2.24) is 0 Å². The second-order valence-corrected chi connectivity index (χ2v) is 4.68. The second kappa shape index (κ2) is 10.1. The maximum absolute atomic E-state index is 11.2. The summed E-state index contributed by atoms with van der Waals surface area (Å²) in [5.74, 6) is -2.64. The van der Waals surface area contributed by atoms with Crippen LogP contribution in [0.25, 0.3) is 0 Å². The lowest BCUT2D eigenvalue weighted by atomic mass is 9.92. The molecule has 0 rings (SSSR count). The van der Waals surface area contributed by atoms with Gasteiger partial charge >= 0.3 is 23.9 Å². The van der Waals surface area contributed by atoms with E-state index in [1.807, 2.05) is 0 Å². The highest BCUT2D eigenvalue weighted by molar-refractivity contribution is 5.81. The van der Waals surface area contributed by atoms with Gasteiger partial charge < -0.3 is 18.9 Å². The van der Waals surface area contributed by atoms with Gasteiger partial charge in [0.15, 0.2) is 0 Å². The standard InChI is InChI=1S/C15H20O8/c1-5-13(18)22-9-15(7-20-11(3)16,8-21-12(4)17)10-23-14(19)6-2/h5-6H,1-2,7-10H2,3-4H3. The van der Waals surface area contributed by atoms with Crippen LogP contribution in [-0.2, 0) is 38.1 Å². The third-order valence-electron chi connectivity index (χ3n) is 2.54. The highest BCUT2D eigenvalue weighted by atomic mass is 16.6. The molecule has 128 valence electrons. The van der Waals surface area contributed by atoms with Crippen LogP contribution >= 0.6 is 0 Å². The molecule has 0 aromatic rings. The summed E-state index contributed by atoms with van der Waals surface area (Å²) in [7, 11) is 0. The summed E-state index contributed by atoms with van der Waals surface area (Å²) in [5, 5.41) is 0. The molecule has 0 saturated heterocycles. The van der Waals surface area contributed by atoms with Crippen LogP contribution in [0.2, 0.25) is 0 Å². The van der Waals surface area contributed by atoms with Crippen molar-refractivity contribution in [3.8, 4) is 0 Å². The Labute approximate surface area is 134 Å². The van der Waals surface area contributed by atoms with Crippen molar-refractivity contribution in [2.24, 2.45) is 5.41 Å². The largest absolute Gasteiger partial charge is 0.465 e. The third-order valence-corrected chi connectivity index (χ3v) is 2.54. The predicted molar refractivity (Wildman–Crippen MR) is 78.0 cm³/mol. The van der Waals surface area contributed by atoms with Crippen LogP contribution in [-0.4, -0.2) is 50.3 Å². The molecule has 0 heterocycles. The van der Waals surface area contributed by atoms with Gasteiger partial charge in [-0.1, -0.05) is 13.2 Å². The van der Waals surface area contributed by atoms with E-state index < -0.39 is 29.3 Å². The van der Waals surface area contributed by atoms with Gasteiger partial charge in [-0.2, -0.15) is 0 Å². The molecule has 0 aromatic heterocycles. The van der Waals surface area contributed by atoms with Gasteiger partial charge in [-0.3, -0.25) is 9.59 Å². The zero-order valence-electron chi connectivity index (χ0n) is 13.2. The minimum atomic E-state index is -1.24. The lowest BCUT2D eigenvalue weighted by Gasteiger charge is -2.30. The molecule has 0 N–H and O–H groups in total. The maximum atomic E-state index is 11.2. The Hall–Kier alpha value is -2.64. The summed E-state index contributed by atoms with van der Waals surface area (Å²) in [5.41, 5.74) is -1.24. The average Bonchev–Trinajstić information content (AvgIpc) is 2.52. The molecule has 0 aliphatic heterocycles. The fourth-order valence-corrected chi connectivity index (χ4v) is 1.33. The SMILES string of the molecule is C=CC(=O)OCC(COC(C)=O)(COC(C)=O)COC(=O)C=C. The Balaban J connectivity index is 5.19. The molecule has 0 unspecified atom stereocenters. The molecule has 0 fully saturated rings. The number of hydrogen-bond acceptors (Lipinski definition) is 8. The van der Waals surface area contributed by atoms with Gasteiger partial charge in [-0.15, -0.1) is 0 Å². The Kier molecular flexibility index (Phi) is 8.98. The van der Waals surface area contributed by atoms with Crippen molar-refractivity contribution in [3.63, 3.8) is 0 Å². The fourth-order valence-electron chi connectivity index (χ4n) is 1.33. The van der Waals surface area contributed by atoms with Crippen LogP contribution in [0.5, 0.6) is 0 Å². The first-order valence-corrected chi connectivity index (χ1v) is 6.60. The fraction of sp³-hybridized carbons (Fsp3) is 0.467. The average molecular weight is 328 g/mol. The molecule has 8 heteroatoms. The predicted octanol–water partition coefficient (Wildman–Crippen LogP) is 0.557. The van der Waals surface area contributed by atoms with E-state index in [9.17, 15) is 19.2 Å². The first kappa shape index (κ1) is 20.4. The molecule has 8 nitrogen and oxygen atoms in total. The van der Waals surface area contributed by atoms with Gasteiger partial charge in [0, 0.05) is 26.0 Å². The summed E-state index contributed by atoms with van der Waals surface area (Å²) < 4.78 is 19.7. The molecule has 0 bridgehead atoms. The minimum absolute atomic E-state index is 0.287. The van der Waals surface area contributed by atoms with Crippen LogP contribution in [0.1, 0.15) is 13.8 Å². The summed E-state index contributed by atoms with van der Waals surface area (Å²) >= 11 is 0. The quantitative estimate of drug-likeness (QED) is 0.325. The molecule has 0 aromatic carbocycles. The molecule has 0 atom stereocenters. The van der Waals surface area contributed by atoms with Crippen LogP contribution in [0.3, 0.4) is 0 Å². The minimum Gasteiger partial charge on any atom is -0.465 e. The summed E-state index contributed by atoms with van der Waals surface area (Å²) in [4.78, 5) is 44.6. The molecule has 0 radical (unpaired) electrons. The number of carbonyl (C=O) groups excluding carboxylic acids is 4. The first-order chi connectivity index (χ1) is 10.7. The number of rotatable bonds is 10. The van der Waals surface area contributed by atoms with Crippen molar-refractivity contribution < 1.29 is 38.1 Å². The Morgan fingerprint density at radius 3 is 1.30 bits per heavy atom. The van der Waals surface area contributed by atoms with Crippen LogP contribution in [0.4, 0.5) is 0 Å². The highest BCUT2D eigenvalue weighted by Crippen LogP contribution is 2.21. The van der Waals surface area contributed by atoms with Crippen LogP contribution < -0.4 is 0 Å². The summed E-state index contributed by atoms with van der Waals surface area (Å²) in [6.07, 6.45) is 1.89. The molecular weight excluding hydrogens is 308 g/mol. The first-order valence-electron chi connectivity index (χ1n) is 6.60. The molecule has 0 aliphatic rings. The Morgan fingerprint density at radius 1 is 0.739 bits per heavy atom. The molecule has 0 aliphatic carbocycles. The highest BCUT2D eigenvalue weighted by Gasteiger charge is 2.37. The Morgan fingerprint density at radius 2 is 1.04 bits per heavy atom. The number of hydrogen-bond donors (Lipinski definition) is 0. The second-order valence-electron chi connectivity index (χ2n) is 4.68. The molecule has 0 spiro atoms. The van der Waals surface area contributed by atoms with E-state index in [0.717, 1.165) is 12.2 Å². The van der Waals surface area contributed by atoms with E-state index in [-0.39, 0.29) is 26.4 Å². The van der Waals surface area contributed by atoms with Crippen molar-refractivity contribution in [3.05, 3.63) is 25.3 Å². The van der Waals surface area contributed by atoms with Gasteiger partial charge in [0.25, 0.3) is 0 Å². The lowest BCUT2D eigenvalue weighted by molar-refractivity contribution is -0.166. The number of ether oxygens (including phenoxy) is 4. The van der Waals surface area contributed by atoms with Gasteiger partial charge in [0.1, 0.15) is 31.8 Å². The maximum Gasteiger partial charge on any atom is 0.330 e. The van der Waals surface area contributed by atoms with Crippen LogP contribution in [0.15, 0.2) is 25.3 Å². The normalized spacial score (nSPS) is 10.2. The number of esters is 4. The number of carbonyl (C=O) groups is 4. The zero-order valence-corrected chi connectivity index (χ0v) is 13.2.